The molecule has 1 fully saturated rings. The molecule has 0 bridgehead atoms. The third-order valence-corrected chi connectivity index (χ3v) is 3.14. The number of aliphatic hydroxyl groups excluding tert-OH is 1. The molecule has 0 spiro atoms. The lowest BCUT2D eigenvalue weighted by Gasteiger charge is -2.31. The lowest BCUT2D eigenvalue weighted by molar-refractivity contribution is -0.133. The lowest BCUT2D eigenvalue weighted by atomic mass is 10.1. The molecule has 0 aromatic heterocycles. The van der Waals surface area contributed by atoms with Crippen LogP contribution in [0.15, 0.2) is 0 Å². The first kappa shape index (κ1) is 12.5. The number of likely N-dealkylation sites (tertiary alicyclic amines) is 1. The average Bonchev–Trinajstić information content (AvgIpc) is 2.39. The predicted octanol–water partition coefficient (Wildman–Crippen LogP) is 1.94. The van der Waals surface area contributed by atoms with E-state index in [9.17, 15) is 9.90 Å². The van der Waals surface area contributed by atoms with Crippen LogP contribution in [0.5, 0.6) is 0 Å². The van der Waals surface area contributed by atoms with Crippen LogP contribution in [0, 0.1) is 0 Å². The maximum Gasteiger partial charge on any atom is 0.222 e. The summed E-state index contributed by atoms with van der Waals surface area (Å²) < 4.78 is 0. The highest BCUT2D eigenvalue weighted by Crippen LogP contribution is 2.18. The fourth-order valence-electron chi connectivity index (χ4n) is 2.30. The van der Waals surface area contributed by atoms with Crippen molar-refractivity contribution in [1.29, 1.82) is 0 Å². The van der Waals surface area contributed by atoms with Gasteiger partial charge < -0.3 is 10.0 Å². The Labute approximate surface area is 92.5 Å². The Hall–Kier alpha value is -0.570. The second-order valence-electron chi connectivity index (χ2n) is 4.54. The Bertz CT molecular complexity index is 204. The number of rotatable bonds is 4. The largest absolute Gasteiger partial charge is 0.393 e. The molecule has 2 atom stereocenters. The molecular formula is C12H23NO2. The van der Waals surface area contributed by atoms with Crippen LogP contribution in [0.25, 0.3) is 0 Å². The lowest BCUT2D eigenvalue weighted by Crippen LogP contribution is -2.41. The summed E-state index contributed by atoms with van der Waals surface area (Å²) in [6.45, 7) is 4.76. The molecule has 1 saturated heterocycles. The van der Waals surface area contributed by atoms with E-state index in [0.29, 0.717) is 12.8 Å². The summed E-state index contributed by atoms with van der Waals surface area (Å²) in [6.07, 6.45) is 5.33. The Kier molecular flexibility index (Phi) is 5.09. The summed E-state index contributed by atoms with van der Waals surface area (Å²) in [7, 11) is 0. The number of hydrogen-bond acceptors (Lipinski definition) is 2. The van der Waals surface area contributed by atoms with Crippen molar-refractivity contribution in [2.45, 2.75) is 64.5 Å². The zero-order valence-electron chi connectivity index (χ0n) is 9.91. The van der Waals surface area contributed by atoms with Gasteiger partial charge in [0.25, 0.3) is 0 Å². The summed E-state index contributed by atoms with van der Waals surface area (Å²) in [5, 5.41) is 9.40. The number of carbonyl (C=O) groups is 1. The van der Waals surface area contributed by atoms with Crippen LogP contribution in [0.3, 0.4) is 0 Å². The normalized spacial score (nSPS) is 22.3. The summed E-state index contributed by atoms with van der Waals surface area (Å²) >= 11 is 0. The zero-order chi connectivity index (χ0) is 11.3. The minimum atomic E-state index is -0.314. The van der Waals surface area contributed by atoms with Gasteiger partial charge in [0.2, 0.25) is 5.91 Å². The monoisotopic (exact) mass is 213 g/mol. The summed E-state index contributed by atoms with van der Waals surface area (Å²) in [5.74, 6) is 0.278. The molecule has 1 heterocycles. The van der Waals surface area contributed by atoms with E-state index in [1.807, 2.05) is 4.90 Å². The molecule has 0 saturated carbocycles. The molecule has 1 rings (SSSR count). The van der Waals surface area contributed by atoms with Gasteiger partial charge in [-0.25, -0.2) is 0 Å². The molecule has 1 N–H and O–H groups in total. The van der Waals surface area contributed by atoms with Gasteiger partial charge in [0, 0.05) is 19.0 Å². The van der Waals surface area contributed by atoms with Crippen LogP contribution >= 0.6 is 0 Å². The molecule has 3 nitrogen and oxygen atoms in total. The van der Waals surface area contributed by atoms with Gasteiger partial charge in [-0.3, -0.25) is 4.79 Å². The molecule has 15 heavy (non-hydrogen) atoms. The van der Waals surface area contributed by atoms with Crippen LogP contribution in [-0.2, 0) is 4.79 Å². The van der Waals surface area contributed by atoms with Crippen molar-refractivity contribution in [3.63, 3.8) is 0 Å². The predicted molar refractivity (Wildman–Crippen MR) is 60.6 cm³/mol. The summed E-state index contributed by atoms with van der Waals surface area (Å²) in [5.41, 5.74) is 0. The molecule has 0 aromatic carbocycles. The fourth-order valence-corrected chi connectivity index (χ4v) is 2.30. The Morgan fingerprint density at radius 2 is 2.13 bits per heavy atom. The van der Waals surface area contributed by atoms with Gasteiger partial charge in [0.05, 0.1) is 6.10 Å². The van der Waals surface area contributed by atoms with E-state index in [1.165, 1.54) is 0 Å². The number of nitrogens with zero attached hydrogens (tertiary/aromatic N) is 1. The first-order valence-electron chi connectivity index (χ1n) is 6.12. The zero-order valence-corrected chi connectivity index (χ0v) is 9.91. The number of aliphatic hydroxyl groups is 1. The SMILES string of the molecule is CCC(CC(C)O)N1CCCCCC1=O. The first-order chi connectivity index (χ1) is 7.15. The summed E-state index contributed by atoms with van der Waals surface area (Å²) in [6, 6.07) is 0.232. The third kappa shape index (κ3) is 3.82. The van der Waals surface area contributed by atoms with E-state index in [1.54, 1.807) is 6.92 Å². The minimum Gasteiger partial charge on any atom is -0.393 e. The standard InChI is InChI=1S/C12H23NO2/c1-3-11(9-10(2)14)13-8-6-4-5-7-12(13)15/h10-11,14H,3-9H2,1-2H3. The van der Waals surface area contributed by atoms with Gasteiger partial charge in [-0.15, -0.1) is 0 Å². The number of amides is 1. The van der Waals surface area contributed by atoms with Gasteiger partial charge >= 0.3 is 0 Å². The van der Waals surface area contributed by atoms with Crippen molar-refractivity contribution < 1.29 is 9.90 Å². The van der Waals surface area contributed by atoms with Crippen molar-refractivity contribution in [3.05, 3.63) is 0 Å². The molecule has 0 aromatic rings. The molecule has 1 aliphatic rings. The number of carbonyl (C=O) groups excluding carboxylic acids is 1. The first-order valence-corrected chi connectivity index (χ1v) is 6.12. The molecule has 1 aliphatic heterocycles. The van der Waals surface area contributed by atoms with Crippen molar-refractivity contribution >= 4 is 5.91 Å². The molecule has 88 valence electrons. The summed E-state index contributed by atoms with van der Waals surface area (Å²) in [4.78, 5) is 13.8. The second-order valence-corrected chi connectivity index (χ2v) is 4.54. The maximum atomic E-state index is 11.8. The minimum absolute atomic E-state index is 0.232. The van der Waals surface area contributed by atoms with Crippen molar-refractivity contribution in [2.24, 2.45) is 0 Å². The van der Waals surface area contributed by atoms with E-state index in [0.717, 1.165) is 32.2 Å². The van der Waals surface area contributed by atoms with E-state index in [4.69, 9.17) is 0 Å². The van der Waals surface area contributed by atoms with Crippen LogP contribution in [-0.4, -0.2) is 34.6 Å². The Morgan fingerprint density at radius 3 is 2.73 bits per heavy atom. The molecule has 0 radical (unpaired) electrons. The fraction of sp³-hybridized carbons (Fsp3) is 0.917. The molecule has 0 aliphatic carbocycles. The molecule has 1 amide bonds. The van der Waals surface area contributed by atoms with Crippen LogP contribution in [0.1, 0.15) is 52.4 Å². The van der Waals surface area contributed by atoms with Crippen molar-refractivity contribution in [1.82, 2.24) is 4.90 Å². The van der Waals surface area contributed by atoms with E-state index in [2.05, 4.69) is 6.92 Å². The van der Waals surface area contributed by atoms with Crippen molar-refractivity contribution in [3.8, 4) is 0 Å². The average molecular weight is 213 g/mol. The van der Waals surface area contributed by atoms with Gasteiger partial charge in [0.15, 0.2) is 0 Å². The molecule has 2 unspecified atom stereocenters. The van der Waals surface area contributed by atoms with Gasteiger partial charge in [-0.1, -0.05) is 13.3 Å². The van der Waals surface area contributed by atoms with Crippen LogP contribution in [0.4, 0.5) is 0 Å². The molecular weight excluding hydrogens is 190 g/mol. The molecule has 3 heteroatoms. The van der Waals surface area contributed by atoms with Crippen molar-refractivity contribution in [2.75, 3.05) is 6.54 Å². The van der Waals surface area contributed by atoms with Gasteiger partial charge in [0.1, 0.15) is 0 Å². The highest BCUT2D eigenvalue weighted by atomic mass is 16.3. The smallest absolute Gasteiger partial charge is 0.222 e. The van der Waals surface area contributed by atoms with Gasteiger partial charge in [-0.05, 0) is 32.6 Å². The highest BCUT2D eigenvalue weighted by Gasteiger charge is 2.24. The highest BCUT2D eigenvalue weighted by molar-refractivity contribution is 5.76. The van der Waals surface area contributed by atoms with Crippen LogP contribution < -0.4 is 0 Å². The number of hydrogen-bond donors (Lipinski definition) is 1. The third-order valence-electron chi connectivity index (χ3n) is 3.14. The quantitative estimate of drug-likeness (QED) is 0.775. The van der Waals surface area contributed by atoms with E-state index >= 15 is 0 Å². The Balaban J connectivity index is 2.59. The van der Waals surface area contributed by atoms with Crippen LogP contribution in [0.2, 0.25) is 0 Å². The van der Waals surface area contributed by atoms with E-state index < -0.39 is 0 Å². The second kappa shape index (κ2) is 6.11. The maximum absolute atomic E-state index is 11.8. The van der Waals surface area contributed by atoms with Gasteiger partial charge in [-0.2, -0.15) is 0 Å². The Morgan fingerprint density at radius 1 is 1.40 bits per heavy atom. The van der Waals surface area contributed by atoms with E-state index in [-0.39, 0.29) is 18.1 Å². The topological polar surface area (TPSA) is 40.5 Å².